The summed E-state index contributed by atoms with van der Waals surface area (Å²) < 4.78 is 22.3. The molecule has 3 heteroatoms. The third-order valence-corrected chi connectivity index (χ3v) is 0.661. The van der Waals surface area contributed by atoms with E-state index in [-0.39, 0.29) is 13.0 Å². The van der Waals surface area contributed by atoms with E-state index >= 15 is 0 Å². The van der Waals surface area contributed by atoms with Crippen LogP contribution in [0.2, 0.25) is 0 Å². The largest absolute Gasteiger partial charge is 0.396 e. The predicted molar refractivity (Wildman–Crippen MR) is 26.6 cm³/mol. The summed E-state index contributed by atoms with van der Waals surface area (Å²) in [6, 6.07) is 0. The lowest BCUT2D eigenvalue weighted by molar-refractivity contribution is 0.288. The topological polar surface area (TPSA) is 20.2 Å². The third-order valence-electron chi connectivity index (χ3n) is 0.661. The molecule has 0 rings (SSSR count). The standard InChI is InChI=1S/C5H8F2O/c6-5(7)3-1-2-4-8/h3,8H,1-2,4H2. The molecule has 0 aromatic carbocycles. The normalized spacial score (nSPS) is 8.88. The molecule has 48 valence electrons. The Kier molecular flexibility index (Phi) is 4.45. The summed E-state index contributed by atoms with van der Waals surface area (Å²) in [5.74, 6) is 0. The second-order valence-electron chi connectivity index (χ2n) is 1.36. The van der Waals surface area contributed by atoms with Crippen LogP contribution in [-0.4, -0.2) is 11.7 Å². The zero-order valence-electron chi connectivity index (χ0n) is 4.40. The molecule has 0 amide bonds. The number of aliphatic hydroxyl groups excluding tert-OH is 1. The van der Waals surface area contributed by atoms with E-state index in [1.807, 2.05) is 0 Å². The van der Waals surface area contributed by atoms with E-state index in [9.17, 15) is 8.78 Å². The Morgan fingerprint density at radius 2 is 2.12 bits per heavy atom. The summed E-state index contributed by atoms with van der Waals surface area (Å²) in [6.07, 6.45) is -0.190. The lowest BCUT2D eigenvalue weighted by Crippen LogP contribution is -1.78. The second-order valence-corrected chi connectivity index (χ2v) is 1.36. The van der Waals surface area contributed by atoms with Gasteiger partial charge in [0, 0.05) is 6.61 Å². The van der Waals surface area contributed by atoms with Crippen molar-refractivity contribution in [3.8, 4) is 0 Å². The summed E-state index contributed by atoms with van der Waals surface area (Å²) in [6.45, 7) is -0.0240. The van der Waals surface area contributed by atoms with Crippen LogP contribution in [0.4, 0.5) is 8.78 Å². The minimum Gasteiger partial charge on any atom is -0.396 e. The molecule has 0 atom stereocenters. The maximum atomic E-state index is 11.1. The molecular formula is C5H8F2O. The van der Waals surface area contributed by atoms with Gasteiger partial charge >= 0.3 is 0 Å². The van der Waals surface area contributed by atoms with Crippen LogP contribution in [-0.2, 0) is 0 Å². The van der Waals surface area contributed by atoms with Crippen LogP contribution in [0.25, 0.3) is 0 Å². The first-order valence-electron chi connectivity index (χ1n) is 2.39. The molecule has 8 heavy (non-hydrogen) atoms. The first kappa shape index (κ1) is 7.56. The number of allylic oxidation sites excluding steroid dienone is 1. The summed E-state index contributed by atoms with van der Waals surface area (Å²) >= 11 is 0. The molecule has 0 aliphatic heterocycles. The minimum atomic E-state index is -1.67. The van der Waals surface area contributed by atoms with Gasteiger partial charge in [-0.3, -0.25) is 0 Å². The van der Waals surface area contributed by atoms with E-state index in [1.54, 1.807) is 0 Å². The highest BCUT2D eigenvalue weighted by molar-refractivity contribution is 4.79. The second kappa shape index (κ2) is 4.71. The summed E-state index contributed by atoms with van der Waals surface area (Å²) in [7, 11) is 0. The Bertz CT molecular complexity index is 76.5. The van der Waals surface area contributed by atoms with Gasteiger partial charge in [0.15, 0.2) is 0 Å². The number of aliphatic hydroxyl groups is 1. The molecule has 1 nitrogen and oxygen atoms in total. The molecule has 0 heterocycles. The molecule has 0 fully saturated rings. The monoisotopic (exact) mass is 122 g/mol. The Morgan fingerprint density at radius 3 is 2.50 bits per heavy atom. The number of hydrogen-bond acceptors (Lipinski definition) is 1. The molecule has 0 spiro atoms. The van der Waals surface area contributed by atoms with Crippen LogP contribution < -0.4 is 0 Å². The van der Waals surface area contributed by atoms with Gasteiger partial charge in [0.1, 0.15) is 0 Å². The van der Waals surface area contributed by atoms with Crippen LogP contribution in [0.5, 0.6) is 0 Å². The fourth-order valence-corrected chi connectivity index (χ4v) is 0.302. The lowest BCUT2D eigenvalue weighted by atomic mass is 10.3. The van der Waals surface area contributed by atoms with Crippen molar-refractivity contribution in [2.24, 2.45) is 0 Å². The van der Waals surface area contributed by atoms with Crippen LogP contribution in [0.3, 0.4) is 0 Å². The van der Waals surface area contributed by atoms with Crippen molar-refractivity contribution < 1.29 is 13.9 Å². The predicted octanol–water partition coefficient (Wildman–Crippen LogP) is 1.54. The molecule has 0 aromatic rings. The molecule has 0 aliphatic rings. The van der Waals surface area contributed by atoms with E-state index in [4.69, 9.17) is 5.11 Å². The van der Waals surface area contributed by atoms with Gasteiger partial charge in [-0.05, 0) is 18.9 Å². The highest BCUT2D eigenvalue weighted by Gasteiger charge is 1.85. The fraction of sp³-hybridized carbons (Fsp3) is 0.600. The molecular weight excluding hydrogens is 114 g/mol. The average Bonchev–Trinajstić information content (AvgIpc) is 1.66. The lowest BCUT2D eigenvalue weighted by Gasteiger charge is -1.84. The molecule has 0 radical (unpaired) electrons. The maximum Gasteiger partial charge on any atom is 0.266 e. The van der Waals surface area contributed by atoms with Gasteiger partial charge < -0.3 is 5.11 Å². The zero-order chi connectivity index (χ0) is 6.41. The first-order valence-corrected chi connectivity index (χ1v) is 2.39. The Labute approximate surface area is 46.6 Å². The Morgan fingerprint density at radius 1 is 1.50 bits per heavy atom. The van der Waals surface area contributed by atoms with Crippen molar-refractivity contribution in [3.63, 3.8) is 0 Å². The van der Waals surface area contributed by atoms with Gasteiger partial charge in [0.05, 0.1) is 0 Å². The SMILES string of the molecule is OCCCC=C(F)F. The van der Waals surface area contributed by atoms with E-state index < -0.39 is 6.08 Å². The number of halogens is 2. The van der Waals surface area contributed by atoms with Crippen LogP contribution >= 0.6 is 0 Å². The molecule has 1 N–H and O–H groups in total. The number of rotatable bonds is 3. The van der Waals surface area contributed by atoms with Crippen LogP contribution in [0.15, 0.2) is 12.2 Å². The Hall–Kier alpha value is -0.440. The van der Waals surface area contributed by atoms with Crippen molar-refractivity contribution in [2.45, 2.75) is 12.8 Å². The summed E-state index contributed by atoms with van der Waals surface area (Å²) in [4.78, 5) is 0. The van der Waals surface area contributed by atoms with E-state index in [0.29, 0.717) is 6.42 Å². The van der Waals surface area contributed by atoms with Crippen molar-refractivity contribution in [3.05, 3.63) is 12.2 Å². The number of hydrogen-bond donors (Lipinski definition) is 1. The highest BCUT2D eigenvalue weighted by atomic mass is 19.3. The fourth-order valence-electron chi connectivity index (χ4n) is 0.302. The van der Waals surface area contributed by atoms with E-state index in [0.717, 1.165) is 6.08 Å². The van der Waals surface area contributed by atoms with Crippen LogP contribution in [0.1, 0.15) is 12.8 Å². The zero-order valence-corrected chi connectivity index (χ0v) is 4.40. The third kappa shape index (κ3) is 5.56. The van der Waals surface area contributed by atoms with E-state index in [1.165, 1.54) is 0 Å². The quantitative estimate of drug-likeness (QED) is 0.563. The molecule has 0 aliphatic carbocycles. The summed E-state index contributed by atoms with van der Waals surface area (Å²) in [5, 5.41) is 8.10. The Balaban J connectivity index is 3.03. The van der Waals surface area contributed by atoms with Gasteiger partial charge in [-0.2, -0.15) is 8.78 Å². The van der Waals surface area contributed by atoms with Crippen molar-refractivity contribution in [1.29, 1.82) is 0 Å². The van der Waals surface area contributed by atoms with Crippen LogP contribution in [0, 0.1) is 0 Å². The first-order chi connectivity index (χ1) is 3.77. The average molecular weight is 122 g/mol. The van der Waals surface area contributed by atoms with Gasteiger partial charge in [0.25, 0.3) is 6.08 Å². The number of unbranched alkanes of at least 4 members (excludes halogenated alkanes) is 1. The van der Waals surface area contributed by atoms with Gasteiger partial charge in [-0.15, -0.1) is 0 Å². The minimum absolute atomic E-state index is 0.0240. The smallest absolute Gasteiger partial charge is 0.266 e. The molecule has 0 saturated heterocycles. The molecule has 0 aromatic heterocycles. The highest BCUT2D eigenvalue weighted by Crippen LogP contribution is 1.99. The van der Waals surface area contributed by atoms with Crippen molar-refractivity contribution in [1.82, 2.24) is 0 Å². The molecule has 0 bridgehead atoms. The van der Waals surface area contributed by atoms with Crippen molar-refractivity contribution in [2.75, 3.05) is 6.61 Å². The molecule has 0 saturated carbocycles. The summed E-state index contributed by atoms with van der Waals surface area (Å²) in [5.41, 5.74) is 0. The molecule has 0 unspecified atom stereocenters. The maximum absolute atomic E-state index is 11.1. The van der Waals surface area contributed by atoms with Gasteiger partial charge in [-0.1, -0.05) is 0 Å². The van der Waals surface area contributed by atoms with Crippen molar-refractivity contribution >= 4 is 0 Å². The van der Waals surface area contributed by atoms with E-state index in [2.05, 4.69) is 0 Å². The van der Waals surface area contributed by atoms with Gasteiger partial charge in [0.2, 0.25) is 0 Å². The van der Waals surface area contributed by atoms with Gasteiger partial charge in [-0.25, -0.2) is 0 Å².